The molecule has 6 aliphatic carbocycles. The molecule has 0 unspecified atom stereocenters. The average molecular weight is 1050 g/mol. The molecule has 6 saturated carbocycles. The molecule has 6 rings (SSSR count). The van der Waals surface area contributed by atoms with E-state index in [9.17, 15) is 0 Å². The Kier molecular flexibility index (Phi) is 28.5. The van der Waals surface area contributed by atoms with Crippen LogP contribution in [0.1, 0.15) is 193 Å². The second-order valence-corrected chi connectivity index (χ2v) is 20.9. The number of hydrogen-bond donors (Lipinski definition) is 0. The molecule has 0 spiro atoms. The summed E-state index contributed by atoms with van der Waals surface area (Å²) in [7, 11) is 5.35. The van der Waals surface area contributed by atoms with Crippen LogP contribution >= 0.6 is 25.0 Å². The summed E-state index contributed by atoms with van der Waals surface area (Å²) in [6, 6.07) is 0. The summed E-state index contributed by atoms with van der Waals surface area (Å²) in [5.41, 5.74) is 20.6. The molecule has 0 aromatic carbocycles. The Hall–Kier alpha value is 1.87. The summed E-state index contributed by atoms with van der Waals surface area (Å²) in [4.78, 5) is 1.50. The fraction of sp³-hybridized carbons (Fsp3) is 1.00. The quantitative estimate of drug-likeness (QED) is 0.0837. The Labute approximate surface area is 312 Å². The summed E-state index contributed by atoms with van der Waals surface area (Å²) in [6.07, 6.45) is 47.2. The van der Waals surface area contributed by atoms with Crippen LogP contribution < -0.4 is 0 Å². The van der Waals surface area contributed by atoms with Gasteiger partial charge < -0.3 is 11.1 Å². The predicted octanol–water partition coefficient (Wildman–Crippen LogP) is 14.6. The summed E-state index contributed by atoms with van der Waals surface area (Å²) < 4.78 is 0. The second kappa shape index (κ2) is 28.6. The third-order valence-corrected chi connectivity index (χ3v) is 20.1. The Morgan fingerprint density at radius 1 is 0.356 bits per heavy atom. The minimum absolute atomic E-state index is 0. The molecule has 272 valence electrons. The van der Waals surface area contributed by atoms with Gasteiger partial charge in [0.25, 0.3) is 0 Å². The normalized spacial score (nSPS) is 24.7. The maximum atomic E-state index is 6.75. The monoisotopic (exact) mass is 1050 g/mol. The van der Waals surface area contributed by atoms with Gasteiger partial charge >= 0.3 is 51.6 Å². The van der Waals surface area contributed by atoms with E-state index in [0.29, 0.717) is 15.8 Å². The van der Waals surface area contributed by atoms with Gasteiger partial charge in [-0.15, -0.1) is 0 Å². The topological polar surface area (TPSA) is 58.7 Å². The Balaban J connectivity index is 0.000000379. The molecule has 0 aromatic rings. The molecule has 0 bridgehead atoms. The summed E-state index contributed by atoms with van der Waals surface area (Å²) in [6.45, 7) is 0. The molecule has 0 heterocycles. The Morgan fingerprint density at radius 2 is 0.467 bits per heavy atom. The van der Waals surface area contributed by atoms with Gasteiger partial charge in [0.05, 0.1) is 0 Å². The van der Waals surface area contributed by atoms with Crippen LogP contribution in [0.2, 0.25) is 0 Å². The zero-order valence-electron chi connectivity index (χ0n) is 28.3. The van der Waals surface area contributed by atoms with Crippen LogP contribution in [0.3, 0.4) is 0 Å². The van der Waals surface area contributed by atoms with Crippen molar-refractivity contribution in [3.05, 3.63) is 16.0 Å². The molecule has 0 aliphatic heterocycles. The molecule has 6 fully saturated rings. The molecule has 0 N–H and O–H groups in total. The minimum atomic E-state index is 0. The van der Waals surface area contributed by atoms with Crippen molar-refractivity contribution >= 4 is 25.0 Å². The van der Waals surface area contributed by atoms with E-state index in [-0.39, 0.29) is 27.1 Å². The first-order valence-corrected chi connectivity index (χ1v) is 24.7. The molecule has 0 radical (unpaired) electrons. The van der Waals surface area contributed by atoms with Gasteiger partial charge in [-0.1, -0.05) is 131 Å². The molecule has 45 heavy (non-hydrogen) atoms. The molecular weight excluding hydrogens is 985 g/mol. The van der Waals surface area contributed by atoms with Gasteiger partial charge in [-0.3, -0.25) is 9.62 Å². The molecule has 9 heteroatoms. The van der Waals surface area contributed by atoms with E-state index in [1.54, 1.807) is 174 Å². The first kappa shape index (κ1) is 44.9. The van der Waals surface area contributed by atoms with Gasteiger partial charge in [0.15, 0.2) is 0 Å². The number of halogens is 2. The van der Waals surface area contributed by atoms with Gasteiger partial charge in [-0.25, -0.2) is 0 Å². The van der Waals surface area contributed by atoms with E-state index in [1.165, 1.54) is 77.4 Å². The molecule has 0 atom stereocenters. The minimum Gasteiger partial charge on any atom is -0.373 e. The van der Waals surface area contributed by atoms with Crippen LogP contribution in [0, 0.1) is 0 Å². The summed E-state index contributed by atoms with van der Waals surface area (Å²) in [5, 5.41) is 0. The molecular formula is C36H67Au2ClFN3P2. The van der Waals surface area contributed by atoms with Crippen LogP contribution in [0.25, 0.3) is 16.0 Å². The van der Waals surface area contributed by atoms with Crippen molar-refractivity contribution in [1.29, 1.82) is 0 Å². The Morgan fingerprint density at radius 3 is 0.578 bits per heavy atom. The smallest absolute Gasteiger partial charge is 0.255 e. The van der Waals surface area contributed by atoms with Crippen LogP contribution in [0.15, 0.2) is 0 Å². The van der Waals surface area contributed by atoms with Crippen LogP contribution in [0.4, 0.5) is 4.70 Å². The first-order valence-electron chi connectivity index (χ1n) is 19.0. The van der Waals surface area contributed by atoms with Gasteiger partial charge in [0, 0.05) is 0 Å². The van der Waals surface area contributed by atoms with E-state index in [1.807, 2.05) is 0 Å². The van der Waals surface area contributed by atoms with Crippen molar-refractivity contribution in [2.75, 3.05) is 0 Å². The fourth-order valence-corrected chi connectivity index (χ4v) is 19.4. The Bertz CT molecular complexity index is 576. The third kappa shape index (κ3) is 16.2. The van der Waals surface area contributed by atoms with Gasteiger partial charge in [-0.2, -0.15) is 0 Å². The SMILES string of the molecule is C1CCC(P(C2CCCCC2)C2CCCCC2)CC1.C1CCC(P(C2CCCCC2)C2CCCCC2)CC1.F.[Au+].[Cl][Au].[N-]=[N+]=[N-]. The van der Waals surface area contributed by atoms with Crippen molar-refractivity contribution in [3.63, 3.8) is 0 Å². The van der Waals surface area contributed by atoms with Crippen molar-refractivity contribution in [3.8, 4) is 0 Å². The number of rotatable bonds is 6. The fourth-order valence-electron chi connectivity index (χ4n) is 10.1. The standard InChI is InChI=1S/2C18H33P.2Au.ClH.FH.N3/c2*1-4-10-16(11-5-1)19(17-12-6-2-7-13-17)18-14-8-3-9-15-18;;;;;1-3-2/h2*16-18H,1-15H2;;;2*1H;/q;;2*+1;;;-1/p-1. The zero-order chi connectivity index (χ0) is 30.5. The summed E-state index contributed by atoms with van der Waals surface area (Å²) >= 11 is 1.75. The zero-order valence-corrected chi connectivity index (χ0v) is 35.2. The van der Waals surface area contributed by atoms with E-state index in [2.05, 4.69) is 9.19 Å². The first-order chi connectivity index (χ1) is 21.3. The van der Waals surface area contributed by atoms with Crippen LogP contribution in [-0.4, -0.2) is 34.0 Å². The maximum absolute atomic E-state index is 6.75. The van der Waals surface area contributed by atoms with Crippen molar-refractivity contribution in [2.45, 2.75) is 227 Å². The third-order valence-electron chi connectivity index (χ3n) is 12.0. The van der Waals surface area contributed by atoms with Crippen molar-refractivity contribution < 1.29 is 47.1 Å². The van der Waals surface area contributed by atoms with E-state index >= 15 is 0 Å². The van der Waals surface area contributed by atoms with Crippen LogP contribution in [-0.2, 0) is 42.4 Å². The molecule has 0 amide bonds. The van der Waals surface area contributed by atoms with Crippen molar-refractivity contribution in [1.82, 2.24) is 0 Å². The molecule has 0 aromatic heterocycles. The van der Waals surface area contributed by atoms with Gasteiger partial charge in [0.2, 0.25) is 0 Å². The maximum Gasteiger partial charge on any atom is -0.255 e. The molecule has 6 aliphatic rings. The van der Waals surface area contributed by atoms with Gasteiger partial charge in [-0.05, 0) is 111 Å². The van der Waals surface area contributed by atoms with E-state index in [0.717, 1.165) is 0 Å². The average Bonchev–Trinajstić information content (AvgIpc) is 3.10. The second-order valence-electron chi connectivity index (χ2n) is 14.7. The van der Waals surface area contributed by atoms with Crippen molar-refractivity contribution in [2.24, 2.45) is 0 Å². The number of nitrogens with zero attached hydrogens (tertiary/aromatic N) is 3. The predicted molar refractivity (Wildman–Crippen MR) is 194 cm³/mol. The molecule has 0 saturated heterocycles. The van der Waals surface area contributed by atoms with E-state index < -0.39 is 0 Å². The molecule has 3 nitrogen and oxygen atoms in total. The van der Waals surface area contributed by atoms with E-state index in [4.69, 9.17) is 11.1 Å². The number of hydrogen-bond acceptors (Lipinski definition) is 0. The van der Waals surface area contributed by atoms with Crippen LogP contribution in [0.5, 0.6) is 0 Å². The van der Waals surface area contributed by atoms with Gasteiger partial charge in [0.1, 0.15) is 0 Å². The summed E-state index contributed by atoms with van der Waals surface area (Å²) in [5.74, 6) is 0. The largest absolute Gasteiger partial charge is 0.373 e.